The van der Waals surface area contributed by atoms with Gasteiger partial charge < -0.3 is 15.4 Å². The first-order valence-corrected chi connectivity index (χ1v) is 12.7. The lowest BCUT2D eigenvalue weighted by Gasteiger charge is -2.11. The van der Waals surface area contributed by atoms with Gasteiger partial charge in [0.05, 0.1) is 22.1 Å². The summed E-state index contributed by atoms with van der Waals surface area (Å²) in [5.74, 6) is 0.445. The number of hydrogen-bond acceptors (Lipinski definition) is 6. The molecule has 0 saturated carbocycles. The second-order valence-corrected chi connectivity index (χ2v) is 10.4. The van der Waals surface area contributed by atoms with Crippen LogP contribution in [0.1, 0.15) is 24.2 Å². The molecule has 1 aromatic heterocycles. The molecule has 0 saturated heterocycles. The van der Waals surface area contributed by atoms with Crippen LogP contribution >= 0.6 is 34.7 Å². The van der Waals surface area contributed by atoms with Crippen LogP contribution in [0.2, 0.25) is 5.02 Å². The van der Waals surface area contributed by atoms with Crippen LogP contribution in [0.3, 0.4) is 0 Å². The fourth-order valence-electron chi connectivity index (χ4n) is 3.09. The summed E-state index contributed by atoms with van der Waals surface area (Å²) in [6, 6.07) is 19.6. The molecule has 1 unspecified atom stereocenters. The van der Waals surface area contributed by atoms with E-state index < -0.39 is 0 Å². The SMILES string of the molecule is CCOc1ccc(NC(=O)C(C)Sc2nc3ccc(NC(=O)c4ccc(Cl)cc4)cc3s2)cc1. The summed E-state index contributed by atoms with van der Waals surface area (Å²) in [7, 11) is 0. The molecular formula is C25H22ClN3O3S2. The van der Waals surface area contributed by atoms with Crippen LogP contribution in [-0.4, -0.2) is 28.7 Å². The van der Waals surface area contributed by atoms with Gasteiger partial charge in [0, 0.05) is 22.0 Å². The Balaban J connectivity index is 1.38. The highest BCUT2D eigenvalue weighted by Gasteiger charge is 2.17. The van der Waals surface area contributed by atoms with Crippen molar-refractivity contribution in [3.05, 3.63) is 77.3 Å². The number of nitrogens with zero attached hydrogens (tertiary/aromatic N) is 1. The maximum Gasteiger partial charge on any atom is 0.255 e. The Bertz CT molecular complexity index is 1310. The molecule has 34 heavy (non-hydrogen) atoms. The second kappa shape index (κ2) is 10.9. The van der Waals surface area contributed by atoms with E-state index in [-0.39, 0.29) is 17.1 Å². The molecule has 174 valence electrons. The minimum Gasteiger partial charge on any atom is -0.494 e. The minimum atomic E-state index is -0.337. The van der Waals surface area contributed by atoms with E-state index >= 15 is 0 Å². The minimum absolute atomic E-state index is 0.107. The van der Waals surface area contributed by atoms with Crippen molar-refractivity contribution in [2.24, 2.45) is 0 Å². The largest absolute Gasteiger partial charge is 0.494 e. The monoisotopic (exact) mass is 511 g/mol. The number of halogens is 1. The average Bonchev–Trinajstić information content (AvgIpc) is 3.22. The average molecular weight is 512 g/mol. The van der Waals surface area contributed by atoms with Gasteiger partial charge in [0.2, 0.25) is 5.91 Å². The molecule has 1 heterocycles. The number of ether oxygens (including phenoxy) is 1. The standard InChI is InChI=1S/C25H22ClN3O3S2/c1-3-32-20-11-8-18(9-12-20)27-23(30)15(2)33-25-29-21-13-10-19(14-22(21)34-25)28-24(31)16-4-6-17(26)7-5-16/h4-15H,3H2,1-2H3,(H,27,30)(H,28,31). The highest BCUT2D eigenvalue weighted by atomic mass is 35.5. The molecule has 2 amide bonds. The lowest BCUT2D eigenvalue weighted by atomic mass is 10.2. The topological polar surface area (TPSA) is 80.3 Å². The van der Waals surface area contributed by atoms with Crippen LogP contribution in [0.25, 0.3) is 10.2 Å². The molecule has 2 N–H and O–H groups in total. The predicted molar refractivity (Wildman–Crippen MR) is 141 cm³/mol. The molecule has 4 rings (SSSR count). The van der Waals surface area contributed by atoms with E-state index in [0.717, 1.165) is 20.3 Å². The molecule has 0 aliphatic heterocycles. The van der Waals surface area contributed by atoms with Gasteiger partial charge in [0.25, 0.3) is 5.91 Å². The molecule has 0 aliphatic carbocycles. The van der Waals surface area contributed by atoms with E-state index in [0.29, 0.717) is 28.6 Å². The van der Waals surface area contributed by atoms with Crippen molar-refractivity contribution >= 4 is 68.1 Å². The van der Waals surface area contributed by atoms with Crippen molar-refractivity contribution in [1.82, 2.24) is 4.98 Å². The quantitative estimate of drug-likeness (QED) is 0.257. The number of rotatable bonds is 8. The molecule has 0 radical (unpaired) electrons. The molecule has 4 aromatic rings. The summed E-state index contributed by atoms with van der Waals surface area (Å²) < 4.78 is 7.13. The van der Waals surface area contributed by atoms with Gasteiger partial charge in [-0.3, -0.25) is 9.59 Å². The normalized spacial score (nSPS) is 11.7. The van der Waals surface area contributed by atoms with Crippen molar-refractivity contribution in [3.63, 3.8) is 0 Å². The summed E-state index contributed by atoms with van der Waals surface area (Å²) in [4.78, 5) is 29.7. The van der Waals surface area contributed by atoms with Gasteiger partial charge in [-0.15, -0.1) is 11.3 Å². The van der Waals surface area contributed by atoms with E-state index in [1.54, 1.807) is 24.3 Å². The number of amides is 2. The Labute approximate surface area is 210 Å². The Hall–Kier alpha value is -3.07. The number of carbonyl (C=O) groups is 2. The smallest absolute Gasteiger partial charge is 0.255 e. The zero-order valence-electron chi connectivity index (χ0n) is 18.5. The lowest BCUT2D eigenvalue weighted by Crippen LogP contribution is -2.22. The Morgan fingerprint density at radius 2 is 1.74 bits per heavy atom. The number of fused-ring (bicyclic) bond motifs is 1. The lowest BCUT2D eigenvalue weighted by molar-refractivity contribution is -0.115. The summed E-state index contributed by atoms with van der Waals surface area (Å²) >= 11 is 8.77. The maximum atomic E-state index is 12.6. The molecule has 0 fully saturated rings. The van der Waals surface area contributed by atoms with Crippen LogP contribution in [0.15, 0.2) is 71.1 Å². The Morgan fingerprint density at radius 1 is 1.03 bits per heavy atom. The first-order valence-electron chi connectivity index (χ1n) is 10.6. The number of thiazole rings is 1. The summed E-state index contributed by atoms with van der Waals surface area (Å²) in [5, 5.41) is 6.06. The van der Waals surface area contributed by atoms with Crippen LogP contribution in [0.5, 0.6) is 5.75 Å². The van der Waals surface area contributed by atoms with Crippen molar-refractivity contribution in [3.8, 4) is 5.75 Å². The van der Waals surface area contributed by atoms with Crippen LogP contribution in [0, 0.1) is 0 Å². The van der Waals surface area contributed by atoms with Crippen molar-refractivity contribution < 1.29 is 14.3 Å². The Kier molecular flexibility index (Phi) is 7.72. The highest BCUT2D eigenvalue weighted by molar-refractivity contribution is 8.02. The summed E-state index contributed by atoms with van der Waals surface area (Å²) in [6.45, 7) is 4.37. The number of carbonyl (C=O) groups excluding carboxylic acids is 2. The number of aromatic nitrogens is 1. The molecule has 0 spiro atoms. The second-order valence-electron chi connectivity index (χ2n) is 7.33. The number of nitrogens with one attached hydrogen (secondary N) is 2. The molecule has 6 nitrogen and oxygen atoms in total. The fourth-order valence-corrected chi connectivity index (χ4v) is 5.46. The molecule has 0 bridgehead atoms. The molecule has 1 atom stereocenters. The van der Waals surface area contributed by atoms with Gasteiger partial charge in [0.1, 0.15) is 5.75 Å². The van der Waals surface area contributed by atoms with Crippen molar-refractivity contribution in [2.75, 3.05) is 17.2 Å². The first kappa shape index (κ1) is 24.1. The first-order chi connectivity index (χ1) is 16.4. The third kappa shape index (κ3) is 6.08. The summed E-state index contributed by atoms with van der Waals surface area (Å²) in [6.07, 6.45) is 0. The van der Waals surface area contributed by atoms with Gasteiger partial charge in [-0.05, 0) is 80.6 Å². The van der Waals surface area contributed by atoms with Crippen LogP contribution in [-0.2, 0) is 4.79 Å². The molecule has 9 heteroatoms. The van der Waals surface area contributed by atoms with Gasteiger partial charge in [-0.25, -0.2) is 4.98 Å². The third-order valence-corrected chi connectivity index (χ3v) is 7.28. The Morgan fingerprint density at radius 3 is 2.44 bits per heavy atom. The highest BCUT2D eigenvalue weighted by Crippen LogP contribution is 2.34. The number of hydrogen-bond donors (Lipinski definition) is 2. The molecule has 3 aromatic carbocycles. The van der Waals surface area contributed by atoms with E-state index in [1.807, 2.05) is 56.3 Å². The zero-order chi connectivity index (χ0) is 24.1. The number of anilines is 2. The molecular weight excluding hydrogens is 490 g/mol. The summed E-state index contributed by atoms with van der Waals surface area (Å²) in [5.41, 5.74) is 2.73. The van der Waals surface area contributed by atoms with Gasteiger partial charge in [-0.1, -0.05) is 23.4 Å². The maximum absolute atomic E-state index is 12.6. The van der Waals surface area contributed by atoms with Crippen LogP contribution in [0.4, 0.5) is 11.4 Å². The van der Waals surface area contributed by atoms with Crippen molar-refractivity contribution in [1.29, 1.82) is 0 Å². The van der Waals surface area contributed by atoms with E-state index in [4.69, 9.17) is 16.3 Å². The van der Waals surface area contributed by atoms with Crippen LogP contribution < -0.4 is 15.4 Å². The van der Waals surface area contributed by atoms with Gasteiger partial charge >= 0.3 is 0 Å². The van der Waals surface area contributed by atoms with Crippen molar-refractivity contribution in [2.45, 2.75) is 23.4 Å². The van der Waals surface area contributed by atoms with Gasteiger partial charge in [0.15, 0.2) is 4.34 Å². The molecule has 0 aliphatic rings. The van der Waals surface area contributed by atoms with E-state index in [2.05, 4.69) is 15.6 Å². The third-order valence-electron chi connectivity index (χ3n) is 4.81. The number of thioether (sulfide) groups is 1. The zero-order valence-corrected chi connectivity index (χ0v) is 20.9. The predicted octanol–water partition coefficient (Wildman–Crippen LogP) is 6.72. The van der Waals surface area contributed by atoms with E-state index in [1.165, 1.54) is 23.1 Å². The van der Waals surface area contributed by atoms with E-state index in [9.17, 15) is 9.59 Å². The fraction of sp³-hybridized carbons (Fsp3) is 0.160. The van der Waals surface area contributed by atoms with Gasteiger partial charge in [-0.2, -0.15) is 0 Å². The number of benzene rings is 3.